The number of H-pyrrole nitrogens is 1. The molecule has 4 aromatic rings. The van der Waals surface area contributed by atoms with E-state index in [2.05, 4.69) is 25.4 Å². The van der Waals surface area contributed by atoms with Gasteiger partial charge in [0.1, 0.15) is 6.54 Å². The van der Waals surface area contributed by atoms with Crippen molar-refractivity contribution in [3.63, 3.8) is 0 Å². The molecule has 0 amide bonds. The lowest BCUT2D eigenvalue weighted by molar-refractivity contribution is -0.144. The molecule has 0 aliphatic heterocycles. The summed E-state index contributed by atoms with van der Waals surface area (Å²) in [5.41, 5.74) is 3.42. The molecule has 1 N–H and O–H groups in total. The van der Waals surface area contributed by atoms with Crippen LogP contribution in [0.1, 0.15) is 29.4 Å². The van der Waals surface area contributed by atoms with Crippen molar-refractivity contribution < 1.29 is 19.0 Å². The molecule has 0 unspecified atom stereocenters. The highest BCUT2D eigenvalue weighted by Crippen LogP contribution is 2.28. The van der Waals surface area contributed by atoms with Crippen LogP contribution in [0.2, 0.25) is 0 Å². The number of hydrogen-bond donors (Lipinski definition) is 1. The second-order valence-corrected chi connectivity index (χ2v) is 8.92. The molecule has 0 fully saturated rings. The molecule has 0 spiro atoms. The molecule has 0 atom stereocenters. The van der Waals surface area contributed by atoms with E-state index in [9.17, 15) is 9.59 Å². The Morgan fingerprint density at radius 3 is 2.63 bits per heavy atom. The first-order valence-electron chi connectivity index (χ1n) is 12.4. The molecule has 2 aromatic heterocycles. The van der Waals surface area contributed by atoms with Gasteiger partial charge in [-0.2, -0.15) is 0 Å². The van der Waals surface area contributed by atoms with Crippen LogP contribution in [-0.4, -0.2) is 63.4 Å². The third-order valence-electron chi connectivity index (χ3n) is 6.19. The predicted molar refractivity (Wildman–Crippen MR) is 141 cm³/mol. The number of aryl methyl sites for hydroxylation is 1. The van der Waals surface area contributed by atoms with Crippen LogP contribution in [0, 0.1) is 6.92 Å². The summed E-state index contributed by atoms with van der Waals surface area (Å²) in [4.78, 5) is 30.1. The molecule has 200 valence electrons. The van der Waals surface area contributed by atoms with Crippen molar-refractivity contribution in [3.8, 4) is 11.5 Å². The number of fused-ring (bicyclic) bond motifs is 1. The smallest absolute Gasteiger partial charge is 0.327 e. The Morgan fingerprint density at radius 1 is 1.05 bits per heavy atom. The quantitative estimate of drug-likeness (QED) is 0.281. The number of carbonyl (C=O) groups is 1. The first-order valence-corrected chi connectivity index (χ1v) is 12.4. The molecular formula is C27H32N6O5. The third-order valence-corrected chi connectivity index (χ3v) is 6.19. The maximum atomic E-state index is 12.9. The predicted octanol–water partition coefficient (Wildman–Crippen LogP) is 2.65. The number of carbonyl (C=O) groups excluding carboxylic acids is 1. The zero-order valence-electron chi connectivity index (χ0n) is 22.1. The van der Waals surface area contributed by atoms with Crippen LogP contribution in [0.15, 0.2) is 47.3 Å². The highest BCUT2D eigenvalue weighted by molar-refractivity contribution is 5.79. The number of methoxy groups -OCH3 is 2. The molecule has 0 saturated heterocycles. The lowest BCUT2D eigenvalue weighted by Crippen LogP contribution is -2.30. The van der Waals surface area contributed by atoms with Crippen LogP contribution in [0.3, 0.4) is 0 Å². The van der Waals surface area contributed by atoms with Gasteiger partial charge in [-0.1, -0.05) is 17.7 Å². The zero-order valence-corrected chi connectivity index (χ0v) is 22.1. The van der Waals surface area contributed by atoms with E-state index in [4.69, 9.17) is 14.2 Å². The summed E-state index contributed by atoms with van der Waals surface area (Å²) >= 11 is 0. The van der Waals surface area contributed by atoms with E-state index in [1.54, 1.807) is 21.1 Å². The topological polar surface area (TPSA) is 124 Å². The molecule has 11 nitrogen and oxygen atoms in total. The van der Waals surface area contributed by atoms with E-state index in [0.29, 0.717) is 48.9 Å². The Labute approximate surface area is 220 Å². The zero-order chi connectivity index (χ0) is 27.1. The van der Waals surface area contributed by atoms with Gasteiger partial charge in [0.15, 0.2) is 17.3 Å². The Morgan fingerprint density at radius 2 is 1.87 bits per heavy atom. The number of rotatable bonds is 12. The van der Waals surface area contributed by atoms with E-state index in [1.165, 1.54) is 4.68 Å². The molecule has 0 aliphatic carbocycles. The standard InChI is InChI=1S/C27H32N6O5/c1-5-38-26(34)17-33-25(29-30-31-33)16-32(11-10-19-7-9-23(36-3)24(13-19)37-4)15-21-14-20-12-18(2)6-8-22(20)28-27(21)35/h6-9,12-14H,5,10-11,15-17H2,1-4H3,(H,28,35). The summed E-state index contributed by atoms with van der Waals surface area (Å²) in [7, 11) is 3.20. The maximum absolute atomic E-state index is 12.9. The number of ether oxygens (including phenoxy) is 3. The van der Waals surface area contributed by atoms with Crippen molar-refractivity contribution in [3.05, 3.63) is 75.3 Å². The van der Waals surface area contributed by atoms with Gasteiger partial charge in [0, 0.05) is 24.2 Å². The van der Waals surface area contributed by atoms with Crippen molar-refractivity contribution in [2.75, 3.05) is 27.4 Å². The summed E-state index contributed by atoms with van der Waals surface area (Å²) in [6, 6.07) is 13.6. The SMILES string of the molecule is CCOC(=O)Cn1nnnc1CN(CCc1ccc(OC)c(OC)c1)Cc1cc2cc(C)ccc2[nH]c1=O. The summed E-state index contributed by atoms with van der Waals surface area (Å²) in [5, 5.41) is 12.8. The van der Waals surface area contributed by atoms with E-state index in [-0.39, 0.29) is 18.7 Å². The third kappa shape index (κ3) is 6.54. The average Bonchev–Trinajstić information content (AvgIpc) is 3.33. The number of nitrogens with one attached hydrogen (secondary N) is 1. The summed E-state index contributed by atoms with van der Waals surface area (Å²) < 4.78 is 17.3. The Hall–Kier alpha value is -4.25. The van der Waals surface area contributed by atoms with E-state index < -0.39 is 5.97 Å². The number of aromatic amines is 1. The fourth-order valence-electron chi connectivity index (χ4n) is 4.26. The van der Waals surface area contributed by atoms with Gasteiger partial charge in [0.2, 0.25) is 0 Å². The van der Waals surface area contributed by atoms with E-state index in [0.717, 1.165) is 22.0 Å². The Bertz CT molecular complexity index is 1460. The molecule has 0 radical (unpaired) electrons. The normalized spacial score (nSPS) is 11.2. The minimum Gasteiger partial charge on any atom is -0.493 e. The van der Waals surface area contributed by atoms with Gasteiger partial charge in [-0.05, 0) is 72.0 Å². The molecule has 0 bridgehead atoms. The highest BCUT2D eigenvalue weighted by atomic mass is 16.5. The lowest BCUT2D eigenvalue weighted by Gasteiger charge is -2.22. The molecular weight excluding hydrogens is 488 g/mol. The number of esters is 1. The van der Waals surface area contributed by atoms with Gasteiger partial charge < -0.3 is 19.2 Å². The van der Waals surface area contributed by atoms with Crippen LogP contribution in [0.5, 0.6) is 11.5 Å². The van der Waals surface area contributed by atoms with E-state index in [1.807, 2.05) is 49.4 Å². The van der Waals surface area contributed by atoms with Gasteiger partial charge >= 0.3 is 5.97 Å². The fourth-order valence-corrected chi connectivity index (χ4v) is 4.26. The fraction of sp³-hybridized carbons (Fsp3) is 0.370. The number of pyridine rings is 1. The molecule has 4 rings (SSSR count). The van der Waals surface area contributed by atoms with Crippen LogP contribution >= 0.6 is 0 Å². The van der Waals surface area contributed by atoms with Gasteiger partial charge in [0.25, 0.3) is 5.56 Å². The van der Waals surface area contributed by atoms with Crippen LogP contribution in [0.25, 0.3) is 10.9 Å². The van der Waals surface area contributed by atoms with Gasteiger partial charge in [-0.15, -0.1) is 5.10 Å². The minimum atomic E-state index is -0.417. The number of hydrogen-bond acceptors (Lipinski definition) is 9. The van der Waals surface area contributed by atoms with Gasteiger partial charge in [0.05, 0.1) is 27.4 Å². The first kappa shape index (κ1) is 26.8. The van der Waals surface area contributed by atoms with Crippen LogP contribution in [0.4, 0.5) is 0 Å². The molecule has 11 heteroatoms. The van der Waals surface area contributed by atoms with Gasteiger partial charge in [-0.25, -0.2) is 4.68 Å². The highest BCUT2D eigenvalue weighted by Gasteiger charge is 2.17. The van der Waals surface area contributed by atoms with Crippen molar-refractivity contribution in [2.45, 2.75) is 39.9 Å². The molecule has 2 heterocycles. The van der Waals surface area contributed by atoms with E-state index >= 15 is 0 Å². The number of aromatic nitrogens is 5. The number of benzene rings is 2. The lowest BCUT2D eigenvalue weighted by atomic mass is 10.1. The van der Waals surface area contributed by atoms with Crippen LogP contribution in [-0.2, 0) is 35.6 Å². The summed E-state index contributed by atoms with van der Waals surface area (Å²) in [5.74, 6) is 1.39. The Kier molecular flexibility index (Phi) is 8.70. The summed E-state index contributed by atoms with van der Waals surface area (Å²) in [6.07, 6.45) is 0.671. The van der Waals surface area contributed by atoms with Crippen LogP contribution < -0.4 is 15.0 Å². The molecule has 0 saturated carbocycles. The second kappa shape index (κ2) is 12.3. The van der Waals surface area contributed by atoms with Crippen molar-refractivity contribution in [1.82, 2.24) is 30.1 Å². The second-order valence-electron chi connectivity index (χ2n) is 8.92. The first-order chi connectivity index (χ1) is 18.4. The average molecular weight is 521 g/mol. The largest absolute Gasteiger partial charge is 0.493 e. The van der Waals surface area contributed by atoms with Crippen molar-refractivity contribution in [2.24, 2.45) is 0 Å². The number of nitrogens with zero attached hydrogens (tertiary/aromatic N) is 5. The maximum Gasteiger partial charge on any atom is 0.327 e. The minimum absolute atomic E-state index is 0.0878. The molecule has 0 aliphatic rings. The van der Waals surface area contributed by atoms with Gasteiger partial charge in [-0.3, -0.25) is 14.5 Å². The van der Waals surface area contributed by atoms with Crippen molar-refractivity contribution in [1.29, 1.82) is 0 Å². The molecule has 38 heavy (non-hydrogen) atoms. The Balaban J connectivity index is 1.60. The number of tetrazole rings is 1. The summed E-state index contributed by atoms with van der Waals surface area (Å²) in [6.45, 7) is 5.23. The molecule has 2 aromatic carbocycles. The van der Waals surface area contributed by atoms with Crippen molar-refractivity contribution >= 4 is 16.9 Å². The monoisotopic (exact) mass is 520 g/mol.